The molecule has 0 unspecified atom stereocenters. The second-order valence-electron chi connectivity index (χ2n) is 5.31. The molecule has 1 aromatic heterocycles. The summed E-state index contributed by atoms with van der Waals surface area (Å²) in [5.41, 5.74) is 8.19. The maximum Gasteiger partial charge on any atom is 0.237 e. The van der Waals surface area contributed by atoms with E-state index in [1.807, 2.05) is 24.4 Å². The molecular weight excluding hydrogens is 274 g/mol. The van der Waals surface area contributed by atoms with Crippen molar-refractivity contribution in [2.75, 3.05) is 0 Å². The lowest BCUT2D eigenvalue weighted by Gasteiger charge is -2.27. The van der Waals surface area contributed by atoms with Crippen molar-refractivity contribution in [3.05, 3.63) is 36.0 Å². The van der Waals surface area contributed by atoms with E-state index in [-0.39, 0.29) is 18.3 Å². The summed E-state index contributed by atoms with van der Waals surface area (Å²) in [7, 11) is 0. The number of carbonyl (C=O) groups excluding carboxylic acids is 1. The Kier molecular flexibility index (Phi) is 4.68. The van der Waals surface area contributed by atoms with Crippen LogP contribution in [0.3, 0.4) is 0 Å². The molecule has 4 N–H and O–H groups in total. The van der Waals surface area contributed by atoms with Crippen molar-refractivity contribution in [2.45, 2.75) is 37.8 Å². The number of hydrogen-bond donors (Lipinski definition) is 3. The number of aromatic nitrogens is 1. The first kappa shape index (κ1) is 14.9. The molecule has 2 aromatic rings. The first-order valence-electron chi connectivity index (χ1n) is 6.85. The molecule has 1 atom stereocenters. The number of amides is 1. The molecule has 1 aromatic carbocycles. The third-order valence-corrected chi connectivity index (χ3v) is 3.90. The van der Waals surface area contributed by atoms with Gasteiger partial charge in [-0.05, 0) is 37.3 Å². The van der Waals surface area contributed by atoms with Gasteiger partial charge in [-0.15, -0.1) is 12.4 Å². The highest BCUT2D eigenvalue weighted by molar-refractivity contribution is 5.86. The summed E-state index contributed by atoms with van der Waals surface area (Å²) in [6.45, 7) is 0. The van der Waals surface area contributed by atoms with E-state index in [9.17, 15) is 4.79 Å². The van der Waals surface area contributed by atoms with Gasteiger partial charge in [0.05, 0.1) is 6.04 Å². The monoisotopic (exact) mass is 293 g/mol. The number of fused-ring (bicyclic) bond motifs is 1. The van der Waals surface area contributed by atoms with Gasteiger partial charge in [0.2, 0.25) is 5.91 Å². The Bertz CT molecular complexity index is 592. The van der Waals surface area contributed by atoms with Gasteiger partial charge < -0.3 is 16.0 Å². The van der Waals surface area contributed by atoms with Crippen LogP contribution < -0.4 is 11.1 Å². The lowest BCUT2D eigenvalue weighted by atomic mass is 9.92. The number of carbonyl (C=O) groups is 1. The fourth-order valence-corrected chi connectivity index (χ4v) is 2.49. The van der Waals surface area contributed by atoms with Crippen molar-refractivity contribution >= 4 is 29.2 Å². The van der Waals surface area contributed by atoms with Gasteiger partial charge in [-0.3, -0.25) is 4.79 Å². The van der Waals surface area contributed by atoms with Crippen LogP contribution in [-0.4, -0.2) is 23.0 Å². The molecule has 0 bridgehead atoms. The van der Waals surface area contributed by atoms with Crippen molar-refractivity contribution in [3.8, 4) is 0 Å². The molecule has 3 rings (SSSR count). The molecule has 1 saturated carbocycles. The van der Waals surface area contributed by atoms with Crippen LogP contribution in [0.25, 0.3) is 10.9 Å². The Hall–Kier alpha value is -1.52. The summed E-state index contributed by atoms with van der Waals surface area (Å²) in [6, 6.07) is 7.95. The maximum atomic E-state index is 12.0. The summed E-state index contributed by atoms with van der Waals surface area (Å²) < 4.78 is 0. The molecule has 1 aliphatic carbocycles. The van der Waals surface area contributed by atoms with Crippen molar-refractivity contribution in [2.24, 2.45) is 5.73 Å². The van der Waals surface area contributed by atoms with E-state index in [2.05, 4.69) is 16.4 Å². The third kappa shape index (κ3) is 2.97. The molecule has 5 heteroatoms. The number of aromatic amines is 1. The Morgan fingerprint density at radius 2 is 2.15 bits per heavy atom. The molecule has 1 heterocycles. The lowest BCUT2D eigenvalue weighted by Crippen LogP contribution is -2.48. The van der Waals surface area contributed by atoms with Gasteiger partial charge in [0, 0.05) is 23.1 Å². The van der Waals surface area contributed by atoms with Crippen LogP contribution in [-0.2, 0) is 11.2 Å². The molecule has 0 saturated heterocycles. The van der Waals surface area contributed by atoms with Crippen molar-refractivity contribution in [1.29, 1.82) is 0 Å². The smallest absolute Gasteiger partial charge is 0.237 e. The van der Waals surface area contributed by atoms with Crippen molar-refractivity contribution in [3.63, 3.8) is 0 Å². The molecular formula is C15H20ClN3O. The fraction of sp³-hybridized carbons (Fsp3) is 0.400. The summed E-state index contributed by atoms with van der Waals surface area (Å²) in [5.74, 6) is -0.0324. The first-order valence-corrected chi connectivity index (χ1v) is 6.85. The molecule has 4 nitrogen and oxygen atoms in total. The van der Waals surface area contributed by atoms with E-state index in [1.54, 1.807) is 0 Å². The Balaban J connectivity index is 0.00000147. The largest absolute Gasteiger partial charge is 0.361 e. The molecule has 1 amide bonds. The SMILES string of the molecule is Cl.N[C@@H](Cc1c[nH]c2ccccc12)C(=O)NC1CCC1. The minimum Gasteiger partial charge on any atom is -0.361 e. The molecule has 1 aliphatic rings. The van der Waals surface area contributed by atoms with Crippen LogP contribution in [0.15, 0.2) is 30.5 Å². The highest BCUT2D eigenvalue weighted by atomic mass is 35.5. The summed E-state index contributed by atoms with van der Waals surface area (Å²) in [5, 5.41) is 4.15. The zero-order valence-corrected chi connectivity index (χ0v) is 12.1. The van der Waals surface area contributed by atoms with Gasteiger partial charge in [-0.1, -0.05) is 18.2 Å². The number of rotatable bonds is 4. The van der Waals surface area contributed by atoms with Gasteiger partial charge in [0.1, 0.15) is 0 Å². The molecule has 0 aliphatic heterocycles. The Morgan fingerprint density at radius 3 is 2.85 bits per heavy atom. The van der Waals surface area contributed by atoms with E-state index in [0.29, 0.717) is 12.5 Å². The van der Waals surface area contributed by atoms with Crippen LogP contribution in [0.2, 0.25) is 0 Å². The second kappa shape index (κ2) is 6.29. The topological polar surface area (TPSA) is 70.9 Å². The number of nitrogens with one attached hydrogen (secondary N) is 2. The maximum absolute atomic E-state index is 12.0. The zero-order valence-electron chi connectivity index (χ0n) is 11.3. The zero-order chi connectivity index (χ0) is 13.2. The lowest BCUT2D eigenvalue weighted by molar-refractivity contribution is -0.123. The van der Waals surface area contributed by atoms with Gasteiger partial charge in [0.25, 0.3) is 0 Å². The molecule has 0 radical (unpaired) electrons. The number of para-hydroxylation sites is 1. The Labute approximate surface area is 124 Å². The highest BCUT2D eigenvalue weighted by Gasteiger charge is 2.23. The molecule has 1 fully saturated rings. The molecule has 108 valence electrons. The fourth-order valence-electron chi connectivity index (χ4n) is 2.49. The van der Waals surface area contributed by atoms with Crippen LogP contribution in [0.4, 0.5) is 0 Å². The van der Waals surface area contributed by atoms with Crippen LogP contribution >= 0.6 is 12.4 Å². The van der Waals surface area contributed by atoms with E-state index in [1.165, 1.54) is 6.42 Å². The average molecular weight is 294 g/mol. The van der Waals surface area contributed by atoms with E-state index in [0.717, 1.165) is 29.3 Å². The van der Waals surface area contributed by atoms with E-state index < -0.39 is 6.04 Å². The molecule has 0 spiro atoms. The van der Waals surface area contributed by atoms with Crippen molar-refractivity contribution in [1.82, 2.24) is 10.3 Å². The minimum atomic E-state index is -0.472. The number of halogens is 1. The predicted molar refractivity (Wildman–Crippen MR) is 83.0 cm³/mol. The summed E-state index contributed by atoms with van der Waals surface area (Å²) in [4.78, 5) is 15.2. The third-order valence-electron chi connectivity index (χ3n) is 3.90. The number of nitrogens with two attached hydrogens (primary N) is 1. The standard InChI is InChI=1S/C15H19N3O.ClH/c16-13(15(19)18-11-4-3-5-11)8-10-9-17-14-7-2-1-6-12(10)14;/h1-2,6-7,9,11,13,17H,3-5,8,16H2,(H,18,19);1H/t13-;/m0./s1. The van der Waals surface area contributed by atoms with Gasteiger partial charge in [-0.2, -0.15) is 0 Å². The van der Waals surface area contributed by atoms with Crippen LogP contribution in [0.1, 0.15) is 24.8 Å². The summed E-state index contributed by atoms with van der Waals surface area (Å²) in [6.07, 6.45) is 5.91. The first-order chi connectivity index (χ1) is 9.24. The summed E-state index contributed by atoms with van der Waals surface area (Å²) >= 11 is 0. The van der Waals surface area contributed by atoms with Gasteiger partial charge in [-0.25, -0.2) is 0 Å². The van der Waals surface area contributed by atoms with Crippen LogP contribution in [0.5, 0.6) is 0 Å². The van der Waals surface area contributed by atoms with E-state index in [4.69, 9.17) is 5.73 Å². The van der Waals surface area contributed by atoms with Gasteiger partial charge in [0.15, 0.2) is 0 Å². The molecule has 20 heavy (non-hydrogen) atoms. The van der Waals surface area contributed by atoms with E-state index >= 15 is 0 Å². The predicted octanol–water partition coefficient (Wildman–Crippen LogP) is 2.13. The highest BCUT2D eigenvalue weighted by Crippen LogP contribution is 2.20. The van der Waals surface area contributed by atoms with Crippen LogP contribution in [0, 0.1) is 0 Å². The Morgan fingerprint density at radius 1 is 1.40 bits per heavy atom. The minimum absolute atomic E-state index is 0. The normalized spacial score (nSPS) is 16.2. The number of H-pyrrole nitrogens is 1. The quantitative estimate of drug-likeness (QED) is 0.808. The number of hydrogen-bond acceptors (Lipinski definition) is 2. The average Bonchev–Trinajstić information content (AvgIpc) is 2.77. The van der Waals surface area contributed by atoms with Crippen molar-refractivity contribution < 1.29 is 4.79 Å². The second-order valence-corrected chi connectivity index (χ2v) is 5.31. The van der Waals surface area contributed by atoms with Gasteiger partial charge >= 0.3 is 0 Å². The number of benzene rings is 1.